The Labute approximate surface area is 118 Å². The lowest BCUT2D eigenvalue weighted by molar-refractivity contribution is 0.0696. The Morgan fingerprint density at radius 1 is 1.28 bits per heavy atom. The summed E-state index contributed by atoms with van der Waals surface area (Å²) in [5.74, 6) is 0.138. The maximum absolute atomic E-state index is 10.7. The predicted molar refractivity (Wildman–Crippen MR) is 71.7 cm³/mol. The number of carboxylic acid groups (broad SMARTS) is 1. The van der Waals surface area contributed by atoms with Crippen LogP contribution in [0.5, 0.6) is 0 Å². The normalized spacial score (nSPS) is 10.6. The van der Waals surface area contributed by atoms with Crippen LogP contribution in [0.25, 0.3) is 0 Å². The fraction of sp³-hybridized carbons (Fsp3) is 0.0833. The van der Waals surface area contributed by atoms with Crippen LogP contribution in [0.1, 0.15) is 16.1 Å². The van der Waals surface area contributed by atoms with Gasteiger partial charge in [-0.25, -0.2) is 4.79 Å². The van der Waals surface area contributed by atoms with Crippen LogP contribution in [-0.4, -0.2) is 11.1 Å². The third-order valence-corrected chi connectivity index (χ3v) is 3.93. The summed E-state index contributed by atoms with van der Waals surface area (Å²) < 4.78 is 5.14. The number of hydrogen-bond acceptors (Lipinski definition) is 3. The molecule has 2 aromatic rings. The zero-order chi connectivity index (χ0) is 13.1. The van der Waals surface area contributed by atoms with Crippen LogP contribution in [0.2, 0.25) is 10.0 Å². The number of carboxylic acids is 1. The van der Waals surface area contributed by atoms with E-state index in [-0.39, 0.29) is 5.56 Å². The number of thioether (sulfide) groups is 1. The zero-order valence-electron chi connectivity index (χ0n) is 9.02. The Morgan fingerprint density at radius 2 is 2.06 bits per heavy atom. The van der Waals surface area contributed by atoms with Crippen LogP contribution in [0, 0.1) is 0 Å². The summed E-state index contributed by atoms with van der Waals surface area (Å²) in [4.78, 5) is 11.6. The zero-order valence-corrected chi connectivity index (χ0v) is 11.4. The molecule has 0 fully saturated rings. The van der Waals surface area contributed by atoms with E-state index in [2.05, 4.69) is 0 Å². The summed E-state index contributed by atoms with van der Waals surface area (Å²) in [6.45, 7) is 0. The minimum atomic E-state index is -0.996. The highest BCUT2D eigenvalue weighted by molar-refractivity contribution is 7.98. The van der Waals surface area contributed by atoms with Crippen molar-refractivity contribution >= 4 is 40.9 Å². The number of hydrogen-bond donors (Lipinski definition) is 1. The average Bonchev–Trinajstić information content (AvgIpc) is 2.79. The number of rotatable bonds is 4. The Morgan fingerprint density at radius 3 is 2.67 bits per heavy atom. The summed E-state index contributed by atoms with van der Waals surface area (Å²) in [5.41, 5.74) is 0.153. The number of furan rings is 1. The molecule has 0 radical (unpaired) electrons. The van der Waals surface area contributed by atoms with E-state index < -0.39 is 5.97 Å². The maximum atomic E-state index is 10.7. The molecule has 1 aromatic heterocycles. The van der Waals surface area contributed by atoms with E-state index in [9.17, 15) is 4.79 Å². The lowest BCUT2D eigenvalue weighted by Gasteiger charge is -2.01. The summed E-state index contributed by atoms with van der Waals surface area (Å²) in [7, 11) is 0. The van der Waals surface area contributed by atoms with Crippen molar-refractivity contribution in [2.45, 2.75) is 10.6 Å². The lowest BCUT2D eigenvalue weighted by atomic mass is 10.3. The van der Waals surface area contributed by atoms with Crippen LogP contribution >= 0.6 is 35.0 Å². The lowest BCUT2D eigenvalue weighted by Crippen LogP contribution is -1.91. The van der Waals surface area contributed by atoms with Crippen LogP contribution in [-0.2, 0) is 5.75 Å². The van der Waals surface area contributed by atoms with Gasteiger partial charge in [0, 0.05) is 4.90 Å². The molecule has 0 spiro atoms. The third kappa shape index (κ3) is 3.22. The summed E-state index contributed by atoms with van der Waals surface area (Å²) in [6.07, 6.45) is 1.23. The topological polar surface area (TPSA) is 50.4 Å². The number of carbonyl (C=O) groups is 1. The SMILES string of the molecule is O=C(O)c1coc(CSc2ccc(Cl)c(Cl)c2)c1. The fourth-order valence-corrected chi connectivity index (χ4v) is 2.48. The van der Waals surface area contributed by atoms with Gasteiger partial charge < -0.3 is 9.52 Å². The molecular formula is C12H8Cl2O3S. The van der Waals surface area contributed by atoms with Crippen LogP contribution < -0.4 is 0 Å². The molecule has 1 heterocycles. The number of halogens is 2. The first-order valence-corrected chi connectivity index (χ1v) is 6.69. The van der Waals surface area contributed by atoms with Crippen molar-refractivity contribution in [2.75, 3.05) is 0 Å². The second kappa shape index (κ2) is 5.69. The van der Waals surface area contributed by atoms with E-state index in [0.29, 0.717) is 21.6 Å². The largest absolute Gasteiger partial charge is 0.478 e. The van der Waals surface area contributed by atoms with Crippen molar-refractivity contribution < 1.29 is 14.3 Å². The smallest absolute Gasteiger partial charge is 0.338 e. The average molecular weight is 303 g/mol. The standard InChI is InChI=1S/C12H8Cl2O3S/c13-10-2-1-9(4-11(10)14)18-6-8-3-7(5-17-8)12(15)16/h1-5H,6H2,(H,15,16). The van der Waals surface area contributed by atoms with Gasteiger partial charge in [-0.1, -0.05) is 23.2 Å². The number of aromatic carboxylic acids is 1. The molecule has 2 rings (SSSR count). The molecule has 0 saturated heterocycles. The van der Waals surface area contributed by atoms with Gasteiger partial charge in [-0.2, -0.15) is 0 Å². The van der Waals surface area contributed by atoms with Gasteiger partial charge in [0.1, 0.15) is 12.0 Å². The molecular weight excluding hydrogens is 295 g/mol. The predicted octanol–water partition coefficient (Wildman–Crippen LogP) is 4.58. The number of benzene rings is 1. The molecule has 0 aliphatic heterocycles. The molecule has 0 atom stereocenters. The highest BCUT2D eigenvalue weighted by Crippen LogP contribution is 2.30. The molecule has 0 aliphatic rings. The molecule has 0 bridgehead atoms. The van der Waals surface area contributed by atoms with Gasteiger partial charge in [-0.3, -0.25) is 0 Å². The molecule has 1 N–H and O–H groups in total. The van der Waals surface area contributed by atoms with E-state index in [1.807, 2.05) is 6.07 Å². The van der Waals surface area contributed by atoms with Crippen molar-refractivity contribution in [3.05, 3.63) is 51.9 Å². The molecule has 0 amide bonds. The Bertz CT molecular complexity index is 580. The first-order valence-electron chi connectivity index (χ1n) is 4.95. The minimum absolute atomic E-state index is 0.153. The van der Waals surface area contributed by atoms with Gasteiger partial charge in [0.25, 0.3) is 0 Å². The first-order chi connectivity index (χ1) is 8.56. The van der Waals surface area contributed by atoms with Gasteiger partial charge in [0.15, 0.2) is 0 Å². The Kier molecular flexibility index (Phi) is 4.22. The fourth-order valence-electron chi connectivity index (χ4n) is 1.29. The van der Waals surface area contributed by atoms with E-state index in [1.165, 1.54) is 24.1 Å². The van der Waals surface area contributed by atoms with E-state index in [1.54, 1.807) is 12.1 Å². The summed E-state index contributed by atoms with van der Waals surface area (Å²) in [5, 5.41) is 9.75. The maximum Gasteiger partial charge on any atom is 0.338 e. The third-order valence-electron chi connectivity index (χ3n) is 2.17. The molecule has 0 saturated carbocycles. The van der Waals surface area contributed by atoms with Gasteiger partial charge in [-0.15, -0.1) is 11.8 Å². The molecule has 0 aliphatic carbocycles. The molecule has 6 heteroatoms. The van der Waals surface area contributed by atoms with Gasteiger partial charge in [0.2, 0.25) is 0 Å². The Balaban J connectivity index is 2.02. The van der Waals surface area contributed by atoms with Gasteiger partial charge in [0.05, 0.1) is 21.4 Å². The monoisotopic (exact) mass is 302 g/mol. The van der Waals surface area contributed by atoms with Gasteiger partial charge in [-0.05, 0) is 24.3 Å². The highest BCUT2D eigenvalue weighted by Gasteiger charge is 2.08. The quantitative estimate of drug-likeness (QED) is 0.840. The first kappa shape index (κ1) is 13.3. The molecule has 0 unspecified atom stereocenters. The van der Waals surface area contributed by atoms with Gasteiger partial charge >= 0.3 is 5.97 Å². The van der Waals surface area contributed by atoms with Crippen LogP contribution in [0.15, 0.2) is 39.8 Å². The second-order valence-corrected chi connectivity index (χ2v) is 5.33. The molecule has 94 valence electrons. The van der Waals surface area contributed by atoms with E-state index >= 15 is 0 Å². The van der Waals surface area contributed by atoms with Crippen molar-refractivity contribution in [1.82, 2.24) is 0 Å². The summed E-state index contributed by atoms with van der Waals surface area (Å²) >= 11 is 13.2. The van der Waals surface area contributed by atoms with Crippen molar-refractivity contribution in [1.29, 1.82) is 0 Å². The van der Waals surface area contributed by atoms with Crippen molar-refractivity contribution in [3.8, 4) is 0 Å². The molecule has 18 heavy (non-hydrogen) atoms. The van der Waals surface area contributed by atoms with Crippen LogP contribution in [0.3, 0.4) is 0 Å². The van der Waals surface area contributed by atoms with Crippen molar-refractivity contribution in [2.24, 2.45) is 0 Å². The second-order valence-electron chi connectivity index (χ2n) is 3.47. The summed E-state index contributed by atoms with van der Waals surface area (Å²) in [6, 6.07) is 6.83. The highest BCUT2D eigenvalue weighted by atomic mass is 35.5. The van der Waals surface area contributed by atoms with E-state index in [4.69, 9.17) is 32.7 Å². The van der Waals surface area contributed by atoms with Crippen molar-refractivity contribution in [3.63, 3.8) is 0 Å². The minimum Gasteiger partial charge on any atom is -0.478 e. The molecule has 1 aromatic carbocycles. The molecule has 3 nitrogen and oxygen atoms in total. The van der Waals surface area contributed by atoms with Crippen LogP contribution in [0.4, 0.5) is 0 Å². The van der Waals surface area contributed by atoms with E-state index in [0.717, 1.165) is 4.90 Å². The Hall–Kier alpha value is -1.10.